The SMILES string of the molecule is N#CCc1nc(Cl)ccc1-c1cc(Cl)cc(Cl)c1Cl. The van der Waals surface area contributed by atoms with Crippen molar-refractivity contribution in [3.05, 3.63) is 50.2 Å². The topological polar surface area (TPSA) is 36.7 Å². The maximum absolute atomic E-state index is 8.84. The van der Waals surface area contributed by atoms with E-state index in [0.717, 1.165) is 0 Å². The Labute approximate surface area is 130 Å². The average Bonchev–Trinajstić information content (AvgIpc) is 2.35. The van der Waals surface area contributed by atoms with Gasteiger partial charge in [0.25, 0.3) is 0 Å². The fraction of sp³-hybridized carbons (Fsp3) is 0.0769. The Morgan fingerprint density at radius 1 is 1.05 bits per heavy atom. The summed E-state index contributed by atoms with van der Waals surface area (Å²) >= 11 is 24.0. The molecule has 0 N–H and O–H groups in total. The van der Waals surface area contributed by atoms with Crippen LogP contribution in [0.15, 0.2) is 24.3 Å². The molecule has 0 bridgehead atoms. The predicted octanol–water partition coefficient (Wildman–Crippen LogP) is 5.43. The van der Waals surface area contributed by atoms with Crippen LogP contribution in [0, 0.1) is 11.3 Å². The highest BCUT2D eigenvalue weighted by Crippen LogP contribution is 2.37. The summed E-state index contributed by atoms with van der Waals surface area (Å²) in [5.74, 6) is 0. The number of hydrogen-bond acceptors (Lipinski definition) is 2. The Bertz CT molecular complexity index is 677. The maximum atomic E-state index is 8.84. The molecule has 0 radical (unpaired) electrons. The Kier molecular flexibility index (Phi) is 4.54. The molecule has 0 saturated heterocycles. The van der Waals surface area contributed by atoms with E-state index in [0.29, 0.717) is 37.0 Å². The third kappa shape index (κ3) is 3.13. The molecular formula is C13H6Cl4N2. The first-order valence-corrected chi connectivity index (χ1v) is 6.71. The quantitative estimate of drug-likeness (QED) is 0.543. The molecule has 0 unspecified atom stereocenters. The number of nitrogens with zero attached hydrogens (tertiary/aromatic N) is 2. The second kappa shape index (κ2) is 5.98. The van der Waals surface area contributed by atoms with Crippen LogP contribution in [0.25, 0.3) is 11.1 Å². The Morgan fingerprint density at radius 3 is 2.47 bits per heavy atom. The fourth-order valence-corrected chi connectivity index (χ4v) is 2.55. The van der Waals surface area contributed by atoms with E-state index < -0.39 is 0 Å². The summed E-state index contributed by atoms with van der Waals surface area (Å²) in [6.45, 7) is 0. The number of halogens is 4. The second-order valence-corrected chi connectivity index (χ2v) is 5.32. The largest absolute Gasteiger partial charge is 0.239 e. The molecule has 2 aromatic rings. The van der Waals surface area contributed by atoms with Gasteiger partial charge in [-0.3, -0.25) is 0 Å². The first-order chi connectivity index (χ1) is 9.02. The first kappa shape index (κ1) is 14.4. The van der Waals surface area contributed by atoms with Gasteiger partial charge in [-0.05, 0) is 24.3 Å². The number of aromatic nitrogens is 1. The zero-order valence-electron chi connectivity index (χ0n) is 9.42. The highest BCUT2D eigenvalue weighted by molar-refractivity contribution is 6.45. The van der Waals surface area contributed by atoms with Gasteiger partial charge in [-0.15, -0.1) is 0 Å². The van der Waals surface area contributed by atoms with Crippen LogP contribution in [0.3, 0.4) is 0 Å². The summed E-state index contributed by atoms with van der Waals surface area (Å²) < 4.78 is 0. The van der Waals surface area contributed by atoms with E-state index in [9.17, 15) is 0 Å². The van der Waals surface area contributed by atoms with Gasteiger partial charge in [0.2, 0.25) is 0 Å². The van der Waals surface area contributed by atoms with Gasteiger partial charge in [0, 0.05) is 16.1 Å². The van der Waals surface area contributed by atoms with E-state index in [1.807, 2.05) is 6.07 Å². The molecule has 1 aromatic carbocycles. The summed E-state index contributed by atoms with van der Waals surface area (Å²) in [7, 11) is 0. The van der Waals surface area contributed by atoms with E-state index in [1.54, 1.807) is 24.3 Å². The van der Waals surface area contributed by atoms with Crippen molar-refractivity contribution in [3.63, 3.8) is 0 Å². The second-order valence-electron chi connectivity index (χ2n) is 3.71. The summed E-state index contributed by atoms with van der Waals surface area (Å²) in [6, 6.07) is 8.65. The molecule has 2 nitrogen and oxygen atoms in total. The third-order valence-electron chi connectivity index (χ3n) is 2.47. The monoisotopic (exact) mass is 330 g/mol. The lowest BCUT2D eigenvalue weighted by Crippen LogP contribution is -1.94. The van der Waals surface area contributed by atoms with E-state index in [2.05, 4.69) is 4.98 Å². The molecule has 2 rings (SSSR count). The molecule has 0 amide bonds. The van der Waals surface area contributed by atoms with E-state index >= 15 is 0 Å². The van der Waals surface area contributed by atoms with Gasteiger partial charge < -0.3 is 0 Å². The van der Waals surface area contributed by atoms with Crippen molar-refractivity contribution in [1.29, 1.82) is 5.26 Å². The zero-order chi connectivity index (χ0) is 14.0. The molecule has 96 valence electrons. The van der Waals surface area contributed by atoms with Crippen LogP contribution >= 0.6 is 46.4 Å². The number of nitriles is 1. The van der Waals surface area contributed by atoms with Crippen molar-refractivity contribution in [2.75, 3.05) is 0 Å². The molecule has 0 fully saturated rings. The molecule has 19 heavy (non-hydrogen) atoms. The first-order valence-electron chi connectivity index (χ1n) is 5.20. The standard InChI is InChI=1S/C13H6Cl4N2/c14-7-5-9(13(17)10(15)6-7)8-1-2-12(16)19-11(8)3-4-18/h1-2,5-6H,3H2. The molecule has 6 heteroatoms. The molecule has 0 spiro atoms. The Morgan fingerprint density at radius 2 is 1.79 bits per heavy atom. The van der Waals surface area contributed by atoms with Crippen LogP contribution in [-0.4, -0.2) is 4.98 Å². The lowest BCUT2D eigenvalue weighted by atomic mass is 10.0. The molecule has 0 aliphatic rings. The van der Waals surface area contributed by atoms with Crippen LogP contribution in [0.4, 0.5) is 0 Å². The number of benzene rings is 1. The van der Waals surface area contributed by atoms with Crippen LogP contribution in [0.5, 0.6) is 0 Å². The smallest absolute Gasteiger partial charge is 0.129 e. The van der Waals surface area contributed by atoms with E-state index in [1.165, 1.54) is 0 Å². The summed E-state index contributed by atoms with van der Waals surface area (Å²) in [6.07, 6.45) is 0.121. The summed E-state index contributed by atoms with van der Waals surface area (Å²) in [4.78, 5) is 4.14. The highest BCUT2D eigenvalue weighted by Gasteiger charge is 2.14. The summed E-state index contributed by atoms with van der Waals surface area (Å²) in [5, 5.41) is 10.3. The Balaban J connectivity index is 2.69. The third-order valence-corrected chi connectivity index (χ3v) is 3.70. The van der Waals surface area contributed by atoms with Crippen molar-refractivity contribution in [2.45, 2.75) is 6.42 Å². The van der Waals surface area contributed by atoms with Gasteiger partial charge in [-0.1, -0.05) is 46.4 Å². The minimum Gasteiger partial charge on any atom is -0.239 e. The highest BCUT2D eigenvalue weighted by atomic mass is 35.5. The van der Waals surface area contributed by atoms with Gasteiger partial charge in [-0.2, -0.15) is 5.26 Å². The van der Waals surface area contributed by atoms with Crippen LogP contribution in [0.2, 0.25) is 20.2 Å². The minimum atomic E-state index is 0.121. The molecule has 0 saturated carbocycles. The van der Waals surface area contributed by atoms with Crippen molar-refractivity contribution in [3.8, 4) is 17.2 Å². The van der Waals surface area contributed by atoms with E-state index in [4.69, 9.17) is 51.7 Å². The number of pyridine rings is 1. The predicted molar refractivity (Wildman–Crippen MR) is 79.0 cm³/mol. The van der Waals surface area contributed by atoms with Gasteiger partial charge in [0.05, 0.1) is 28.2 Å². The normalized spacial score (nSPS) is 10.3. The summed E-state index contributed by atoms with van der Waals surface area (Å²) in [5.41, 5.74) is 1.86. The van der Waals surface area contributed by atoms with Crippen molar-refractivity contribution in [2.24, 2.45) is 0 Å². The van der Waals surface area contributed by atoms with Gasteiger partial charge in [-0.25, -0.2) is 4.98 Å². The molecule has 1 heterocycles. The maximum Gasteiger partial charge on any atom is 0.129 e. The molecule has 0 atom stereocenters. The molecule has 0 aliphatic heterocycles. The lowest BCUT2D eigenvalue weighted by Gasteiger charge is -2.10. The van der Waals surface area contributed by atoms with E-state index in [-0.39, 0.29) is 6.42 Å². The average molecular weight is 332 g/mol. The number of rotatable bonds is 2. The number of hydrogen-bond donors (Lipinski definition) is 0. The fourth-order valence-electron chi connectivity index (χ4n) is 1.68. The molecular weight excluding hydrogens is 326 g/mol. The van der Waals surface area contributed by atoms with Crippen molar-refractivity contribution in [1.82, 2.24) is 4.98 Å². The van der Waals surface area contributed by atoms with Crippen molar-refractivity contribution < 1.29 is 0 Å². The zero-order valence-corrected chi connectivity index (χ0v) is 12.4. The van der Waals surface area contributed by atoms with Crippen LogP contribution in [-0.2, 0) is 6.42 Å². The van der Waals surface area contributed by atoms with Gasteiger partial charge >= 0.3 is 0 Å². The van der Waals surface area contributed by atoms with Crippen molar-refractivity contribution >= 4 is 46.4 Å². The van der Waals surface area contributed by atoms with Crippen LogP contribution in [0.1, 0.15) is 5.69 Å². The minimum absolute atomic E-state index is 0.121. The Hall–Kier alpha value is -0.980. The molecule has 0 aliphatic carbocycles. The lowest BCUT2D eigenvalue weighted by molar-refractivity contribution is 1.12. The van der Waals surface area contributed by atoms with Gasteiger partial charge in [0.1, 0.15) is 5.15 Å². The van der Waals surface area contributed by atoms with Gasteiger partial charge in [0.15, 0.2) is 0 Å². The van der Waals surface area contributed by atoms with Crippen LogP contribution < -0.4 is 0 Å². The molecule has 1 aromatic heterocycles.